The summed E-state index contributed by atoms with van der Waals surface area (Å²) in [6.45, 7) is 6.22. The maximum absolute atomic E-state index is 12.5. The first-order valence-corrected chi connectivity index (χ1v) is 10.6. The van der Waals surface area contributed by atoms with Crippen LogP contribution in [0.4, 0.5) is 0 Å². The molecule has 0 fully saturated rings. The van der Waals surface area contributed by atoms with Crippen LogP contribution in [0.1, 0.15) is 27.8 Å². The molecule has 0 unspecified atom stereocenters. The van der Waals surface area contributed by atoms with E-state index in [1.54, 1.807) is 6.21 Å². The molecule has 1 heterocycles. The van der Waals surface area contributed by atoms with E-state index >= 15 is 0 Å². The van der Waals surface area contributed by atoms with Crippen LogP contribution in [0, 0.1) is 13.8 Å². The van der Waals surface area contributed by atoms with Crippen molar-refractivity contribution in [3.63, 3.8) is 0 Å². The summed E-state index contributed by atoms with van der Waals surface area (Å²) in [5.41, 5.74) is 8.99. The number of amides is 1. The van der Waals surface area contributed by atoms with Gasteiger partial charge in [0.2, 0.25) is 0 Å². The van der Waals surface area contributed by atoms with Crippen molar-refractivity contribution in [1.82, 2.24) is 10.3 Å². The van der Waals surface area contributed by atoms with Gasteiger partial charge in [0.05, 0.1) is 12.8 Å². The molecule has 0 spiro atoms. The maximum atomic E-state index is 12.5. The van der Waals surface area contributed by atoms with Gasteiger partial charge >= 0.3 is 0 Å². The Kier molecular flexibility index (Phi) is 5.00. The molecule has 1 aliphatic rings. The summed E-state index contributed by atoms with van der Waals surface area (Å²) in [5, 5.41) is 8.88. The molecular weight excluding hydrogens is 382 g/mol. The lowest BCUT2D eigenvalue weighted by Crippen LogP contribution is -2.32. The first-order valence-electron chi connectivity index (χ1n) is 10.6. The molecule has 31 heavy (non-hydrogen) atoms. The Labute approximate surface area is 182 Å². The Bertz CT molecular complexity index is 1250. The minimum Gasteiger partial charge on any atom is -0.286 e. The number of benzene rings is 4. The normalized spacial score (nSPS) is 13.9. The second-order valence-electron chi connectivity index (χ2n) is 8.38. The Morgan fingerprint density at radius 1 is 0.903 bits per heavy atom. The zero-order chi connectivity index (χ0) is 21.4. The number of carbonyl (C=O) groups is 1. The van der Waals surface area contributed by atoms with E-state index < -0.39 is 0 Å². The third-order valence-corrected chi connectivity index (χ3v) is 6.17. The molecule has 4 aromatic rings. The van der Waals surface area contributed by atoms with Crippen LogP contribution < -0.4 is 5.43 Å². The van der Waals surface area contributed by atoms with Crippen LogP contribution in [0.5, 0.6) is 0 Å². The zero-order valence-electron chi connectivity index (χ0n) is 17.9. The van der Waals surface area contributed by atoms with Crippen molar-refractivity contribution in [2.45, 2.75) is 26.9 Å². The van der Waals surface area contributed by atoms with E-state index in [2.05, 4.69) is 71.7 Å². The third-order valence-electron chi connectivity index (χ3n) is 6.17. The molecule has 0 saturated heterocycles. The highest BCUT2D eigenvalue weighted by Crippen LogP contribution is 2.27. The first-order chi connectivity index (χ1) is 15.1. The molecular formula is C27H25N3O. The highest BCUT2D eigenvalue weighted by Gasteiger charge is 2.21. The van der Waals surface area contributed by atoms with Crippen LogP contribution in [-0.4, -0.2) is 23.6 Å². The molecule has 5 rings (SSSR count). The molecule has 0 aromatic heterocycles. The quantitative estimate of drug-likeness (QED) is 0.291. The molecule has 1 amide bonds. The van der Waals surface area contributed by atoms with Gasteiger partial charge in [-0.3, -0.25) is 9.69 Å². The summed E-state index contributed by atoms with van der Waals surface area (Å²) in [4.78, 5) is 14.7. The predicted octanol–water partition coefficient (Wildman–Crippen LogP) is 5.08. The average molecular weight is 408 g/mol. The topological polar surface area (TPSA) is 44.7 Å². The largest absolute Gasteiger partial charge is 0.286 e. The number of fused-ring (bicyclic) bond motifs is 3. The SMILES string of the molecule is Cc1cc2c(cc1C)CN(CC(=O)N/N=C\c1c3ccccc3cc3ccccc13)C2. The van der Waals surface area contributed by atoms with Crippen LogP contribution in [-0.2, 0) is 17.9 Å². The number of hydrogen-bond acceptors (Lipinski definition) is 3. The highest BCUT2D eigenvalue weighted by atomic mass is 16.2. The van der Waals surface area contributed by atoms with Gasteiger partial charge in [0.25, 0.3) is 5.91 Å². The van der Waals surface area contributed by atoms with Crippen LogP contribution in [0.15, 0.2) is 71.8 Å². The number of nitrogens with zero attached hydrogens (tertiary/aromatic N) is 2. The van der Waals surface area contributed by atoms with Crippen LogP contribution >= 0.6 is 0 Å². The minimum absolute atomic E-state index is 0.0953. The van der Waals surface area contributed by atoms with E-state index in [9.17, 15) is 4.79 Å². The number of rotatable bonds is 4. The fourth-order valence-electron chi connectivity index (χ4n) is 4.47. The summed E-state index contributed by atoms with van der Waals surface area (Å²) in [6.07, 6.45) is 1.77. The molecule has 0 aliphatic carbocycles. The van der Waals surface area contributed by atoms with Crippen molar-refractivity contribution in [2.24, 2.45) is 5.10 Å². The number of carbonyl (C=O) groups excluding carboxylic acids is 1. The van der Waals surface area contributed by atoms with Gasteiger partial charge < -0.3 is 0 Å². The van der Waals surface area contributed by atoms with E-state index in [-0.39, 0.29) is 5.91 Å². The Morgan fingerprint density at radius 2 is 1.45 bits per heavy atom. The fraction of sp³-hybridized carbons (Fsp3) is 0.185. The first kappa shape index (κ1) is 19.5. The summed E-state index contributed by atoms with van der Waals surface area (Å²) in [5.74, 6) is -0.0953. The molecule has 0 radical (unpaired) electrons. The van der Waals surface area contributed by atoms with Gasteiger partial charge in [-0.2, -0.15) is 5.10 Å². The van der Waals surface area contributed by atoms with Crippen LogP contribution in [0.25, 0.3) is 21.5 Å². The van der Waals surface area contributed by atoms with Crippen molar-refractivity contribution in [3.8, 4) is 0 Å². The Balaban J connectivity index is 1.32. The molecule has 0 saturated carbocycles. The summed E-state index contributed by atoms with van der Waals surface area (Å²) < 4.78 is 0. The van der Waals surface area contributed by atoms with Gasteiger partial charge in [0, 0.05) is 18.7 Å². The van der Waals surface area contributed by atoms with Crippen LogP contribution in [0.3, 0.4) is 0 Å². The Morgan fingerprint density at radius 3 is 2.03 bits per heavy atom. The van der Waals surface area contributed by atoms with Crippen molar-refractivity contribution >= 4 is 33.7 Å². The van der Waals surface area contributed by atoms with Gasteiger partial charge in [-0.1, -0.05) is 60.7 Å². The average Bonchev–Trinajstić information content (AvgIpc) is 3.14. The van der Waals surface area contributed by atoms with E-state index in [1.807, 2.05) is 24.3 Å². The highest BCUT2D eigenvalue weighted by molar-refractivity contribution is 6.13. The molecule has 0 bridgehead atoms. The molecule has 4 aromatic carbocycles. The predicted molar refractivity (Wildman–Crippen MR) is 127 cm³/mol. The van der Waals surface area contributed by atoms with Gasteiger partial charge in [-0.05, 0) is 63.7 Å². The molecule has 4 heteroatoms. The molecule has 154 valence electrons. The molecule has 4 nitrogen and oxygen atoms in total. The van der Waals surface area contributed by atoms with Crippen molar-refractivity contribution in [3.05, 3.63) is 94.5 Å². The van der Waals surface area contributed by atoms with Gasteiger partial charge in [-0.25, -0.2) is 5.43 Å². The van der Waals surface area contributed by atoms with Gasteiger partial charge in [-0.15, -0.1) is 0 Å². The number of aryl methyl sites for hydroxylation is 2. The van der Waals surface area contributed by atoms with E-state index in [1.165, 1.54) is 22.3 Å². The lowest BCUT2D eigenvalue weighted by Gasteiger charge is -2.13. The van der Waals surface area contributed by atoms with Crippen molar-refractivity contribution < 1.29 is 4.79 Å². The van der Waals surface area contributed by atoms with Crippen LogP contribution in [0.2, 0.25) is 0 Å². The van der Waals surface area contributed by atoms with E-state index in [0.29, 0.717) is 6.54 Å². The zero-order valence-corrected chi connectivity index (χ0v) is 17.9. The lowest BCUT2D eigenvalue weighted by atomic mass is 9.97. The molecule has 1 N–H and O–H groups in total. The van der Waals surface area contributed by atoms with Crippen molar-refractivity contribution in [1.29, 1.82) is 0 Å². The minimum atomic E-state index is -0.0953. The third kappa shape index (κ3) is 3.82. The summed E-state index contributed by atoms with van der Waals surface area (Å²) in [7, 11) is 0. The second-order valence-corrected chi connectivity index (χ2v) is 8.38. The standard InChI is InChI=1S/C27H25N3O/c1-18-11-22-15-30(16-23(22)12-19(18)2)17-27(31)29-28-14-26-24-9-5-3-7-20(24)13-21-8-4-6-10-25(21)26/h3-14H,15-17H2,1-2H3,(H,29,31)/b28-14-. The number of nitrogens with one attached hydrogen (secondary N) is 1. The second kappa shape index (κ2) is 7.97. The monoisotopic (exact) mass is 407 g/mol. The number of hydrogen-bond donors (Lipinski definition) is 1. The molecule has 0 atom stereocenters. The summed E-state index contributed by atoms with van der Waals surface area (Å²) >= 11 is 0. The smallest absolute Gasteiger partial charge is 0.254 e. The van der Waals surface area contributed by atoms with Gasteiger partial charge in [0.1, 0.15) is 0 Å². The molecule has 1 aliphatic heterocycles. The van der Waals surface area contributed by atoms with Crippen molar-refractivity contribution in [2.75, 3.05) is 6.54 Å². The van der Waals surface area contributed by atoms with E-state index in [4.69, 9.17) is 0 Å². The summed E-state index contributed by atoms with van der Waals surface area (Å²) in [6, 6.07) is 23.2. The Hall–Kier alpha value is -3.50. The fourth-order valence-corrected chi connectivity index (χ4v) is 4.47. The van der Waals surface area contributed by atoms with E-state index in [0.717, 1.165) is 40.2 Å². The van der Waals surface area contributed by atoms with Gasteiger partial charge in [0.15, 0.2) is 0 Å². The number of hydrazone groups is 1. The maximum Gasteiger partial charge on any atom is 0.254 e. The lowest BCUT2D eigenvalue weighted by molar-refractivity contribution is -0.122.